The summed E-state index contributed by atoms with van der Waals surface area (Å²) in [6.45, 7) is 6.97. The van der Waals surface area contributed by atoms with Crippen LogP contribution in [0.4, 0.5) is 0 Å². The van der Waals surface area contributed by atoms with E-state index in [9.17, 15) is 10.2 Å². The normalized spacial score (nSPS) is 36.2. The van der Waals surface area contributed by atoms with Crippen molar-refractivity contribution >= 4 is 35.0 Å². The standard InChI is InChI=1S/C15H24BrN2O3P/c1-8-9(7-10(16)15(17)18-8)14-13(20)12(19)11(21-14)5-6-22(2,3)4/h7,9,11-14,19-20H,1-2,5-6H2,3-4H3,(H2,17,18)/t9-,11+,12+,13+,14?/m0/s1. The van der Waals surface area contributed by atoms with Crippen LogP contribution in [0.15, 0.2) is 27.8 Å². The molecule has 2 aliphatic heterocycles. The predicted molar refractivity (Wildman–Crippen MR) is 97.3 cm³/mol. The Morgan fingerprint density at radius 2 is 2.05 bits per heavy atom. The van der Waals surface area contributed by atoms with Gasteiger partial charge in [-0.3, -0.25) is 0 Å². The van der Waals surface area contributed by atoms with Crippen LogP contribution in [-0.4, -0.2) is 66.3 Å². The van der Waals surface area contributed by atoms with Gasteiger partial charge in [0.15, 0.2) is 0 Å². The molecule has 0 spiro atoms. The van der Waals surface area contributed by atoms with Crippen molar-refractivity contribution in [1.82, 2.24) is 0 Å². The molecular weight excluding hydrogens is 367 g/mol. The first kappa shape index (κ1) is 18.0. The summed E-state index contributed by atoms with van der Waals surface area (Å²) in [7, 11) is 0. The Hall–Kier alpha value is -0.390. The maximum Gasteiger partial charge on any atom is 0.137 e. The smallest absolute Gasteiger partial charge is 0.137 e. The Kier molecular flexibility index (Phi) is 5.40. The average Bonchev–Trinajstić information content (AvgIpc) is 2.68. The van der Waals surface area contributed by atoms with Crippen LogP contribution in [-0.2, 0) is 4.74 Å². The van der Waals surface area contributed by atoms with Crippen LogP contribution in [0.25, 0.3) is 0 Å². The van der Waals surface area contributed by atoms with Crippen molar-refractivity contribution in [2.45, 2.75) is 30.8 Å². The zero-order valence-electron chi connectivity index (χ0n) is 12.9. The molecule has 5 atom stereocenters. The van der Waals surface area contributed by atoms with Gasteiger partial charge in [0.2, 0.25) is 0 Å². The first-order chi connectivity index (χ1) is 10.1. The van der Waals surface area contributed by atoms with Gasteiger partial charge in [-0.05, 0) is 41.8 Å². The molecule has 1 saturated heterocycles. The van der Waals surface area contributed by atoms with Crippen LogP contribution in [0, 0.1) is 5.92 Å². The lowest BCUT2D eigenvalue weighted by Gasteiger charge is -2.26. The Labute approximate surface area is 140 Å². The van der Waals surface area contributed by atoms with E-state index in [0.29, 0.717) is 22.4 Å². The molecule has 124 valence electrons. The van der Waals surface area contributed by atoms with E-state index in [4.69, 9.17) is 10.5 Å². The minimum Gasteiger partial charge on any atom is -0.388 e. The molecule has 4 N–H and O–H groups in total. The summed E-state index contributed by atoms with van der Waals surface area (Å²) in [5, 5.41) is 20.6. The average molecular weight is 391 g/mol. The fraction of sp³-hybridized carbons (Fsp3) is 0.600. The van der Waals surface area contributed by atoms with Crippen LogP contribution in [0.2, 0.25) is 0 Å². The third kappa shape index (κ3) is 3.92. The number of hydrogen-bond acceptors (Lipinski definition) is 5. The number of nitrogens with zero attached hydrogens (tertiary/aromatic N) is 1. The van der Waals surface area contributed by atoms with E-state index in [1.54, 1.807) is 0 Å². The van der Waals surface area contributed by atoms with E-state index < -0.39 is 25.2 Å². The molecule has 0 aromatic carbocycles. The van der Waals surface area contributed by atoms with Crippen LogP contribution < -0.4 is 5.73 Å². The van der Waals surface area contributed by atoms with Crippen molar-refractivity contribution in [3.05, 3.63) is 22.8 Å². The zero-order valence-corrected chi connectivity index (χ0v) is 15.4. The van der Waals surface area contributed by atoms with Crippen molar-refractivity contribution < 1.29 is 14.9 Å². The summed E-state index contributed by atoms with van der Waals surface area (Å²) >= 11 is 3.34. The second-order valence-electron chi connectivity index (χ2n) is 6.60. The Balaban J connectivity index is 2.10. The van der Waals surface area contributed by atoms with Crippen molar-refractivity contribution in [3.8, 4) is 0 Å². The number of aliphatic hydroxyl groups excluding tert-OH is 2. The highest BCUT2D eigenvalue weighted by Gasteiger charge is 2.46. The van der Waals surface area contributed by atoms with E-state index in [0.717, 1.165) is 6.16 Å². The molecule has 1 fully saturated rings. The monoisotopic (exact) mass is 390 g/mol. The van der Waals surface area contributed by atoms with Crippen LogP contribution in [0.3, 0.4) is 0 Å². The second kappa shape index (κ2) is 6.62. The quantitative estimate of drug-likeness (QED) is 0.632. The van der Waals surface area contributed by atoms with Gasteiger partial charge in [0.25, 0.3) is 0 Å². The first-order valence-electron chi connectivity index (χ1n) is 7.20. The van der Waals surface area contributed by atoms with Crippen molar-refractivity contribution in [2.24, 2.45) is 16.6 Å². The molecule has 0 aromatic rings. The van der Waals surface area contributed by atoms with Gasteiger partial charge in [-0.25, -0.2) is 4.99 Å². The van der Waals surface area contributed by atoms with Crippen molar-refractivity contribution in [2.75, 3.05) is 19.5 Å². The summed E-state index contributed by atoms with van der Waals surface area (Å²) in [5.74, 6) is 0.0494. The number of nitrogens with two attached hydrogens (primary N) is 1. The third-order valence-corrected chi connectivity index (χ3v) is 6.13. The van der Waals surface area contributed by atoms with Gasteiger partial charge < -0.3 is 20.7 Å². The Morgan fingerprint density at radius 1 is 1.41 bits per heavy atom. The van der Waals surface area contributed by atoms with E-state index in [2.05, 4.69) is 47.1 Å². The maximum absolute atomic E-state index is 10.3. The fourth-order valence-corrected chi connectivity index (χ4v) is 4.02. The van der Waals surface area contributed by atoms with E-state index >= 15 is 0 Å². The molecule has 22 heavy (non-hydrogen) atoms. The zero-order chi connectivity index (χ0) is 16.7. The van der Waals surface area contributed by atoms with E-state index in [1.807, 2.05) is 6.08 Å². The van der Waals surface area contributed by atoms with Crippen molar-refractivity contribution in [3.63, 3.8) is 0 Å². The van der Waals surface area contributed by atoms with Gasteiger partial charge in [0, 0.05) is 11.6 Å². The predicted octanol–water partition coefficient (Wildman–Crippen LogP) is 1.35. The molecule has 2 heterocycles. The minimum atomic E-state index is -1.19. The number of ether oxygens (including phenoxy) is 1. The number of dihydropyridines is 1. The van der Waals surface area contributed by atoms with E-state index in [-0.39, 0.29) is 12.0 Å². The summed E-state index contributed by atoms with van der Waals surface area (Å²) in [6, 6.07) is 0. The maximum atomic E-state index is 10.3. The van der Waals surface area contributed by atoms with Crippen LogP contribution in [0.5, 0.6) is 0 Å². The fourth-order valence-electron chi connectivity index (χ4n) is 2.70. The number of hydrogen-bond donors (Lipinski definition) is 3. The SMILES string of the molecule is C=C1N=C(N)C(Br)=C[C@@H]1C1O[C@H](CCP(=C)(C)C)[C@@H](O)[C@H]1O. The van der Waals surface area contributed by atoms with Gasteiger partial charge in [-0.15, -0.1) is 13.2 Å². The summed E-state index contributed by atoms with van der Waals surface area (Å²) in [5.41, 5.74) is 6.26. The van der Waals surface area contributed by atoms with E-state index in [1.165, 1.54) is 0 Å². The van der Waals surface area contributed by atoms with Gasteiger partial charge in [0.05, 0.1) is 16.7 Å². The molecule has 2 aliphatic rings. The number of rotatable bonds is 4. The third-order valence-electron chi connectivity index (χ3n) is 3.99. The summed E-state index contributed by atoms with van der Waals surface area (Å²) in [4.78, 5) is 4.17. The largest absolute Gasteiger partial charge is 0.388 e. The molecule has 0 amide bonds. The van der Waals surface area contributed by atoms with Gasteiger partial charge in [0.1, 0.15) is 18.0 Å². The lowest BCUT2D eigenvalue weighted by Crippen LogP contribution is -2.37. The topological polar surface area (TPSA) is 88.1 Å². The number of halogens is 1. The highest BCUT2D eigenvalue weighted by molar-refractivity contribution is 9.12. The van der Waals surface area contributed by atoms with Gasteiger partial charge in [-0.2, -0.15) is 0 Å². The number of amidine groups is 1. The minimum absolute atomic E-state index is 0.307. The first-order valence-corrected chi connectivity index (χ1v) is 11.0. The van der Waals surface area contributed by atoms with Crippen LogP contribution in [0.1, 0.15) is 6.42 Å². The Bertz CT molecular complexity index is 569. The molecule has 1 unspecified atom stereocenters. The highest BCUT2D eigenvalue weighted by Crippen LogP contribution is 2.40. The highest BCUT2D eigenvalue weighted by atomic mass is 79.9. The lowest BCUT2D eigenvalue weighted by molar-refractivity contribution is -0.00797. The summed E-state index contributed by atoms with van der Waals surface area (Å²) < 4.78 is 6.58. The molecule has 0 aromatic heterocycles. The molecule has 7 heteroatoms. The molecule has 0 aliphatic carbocycles. The van der Waals surface area contributed by atoms with Gasteiger partial charge >= 0.3 is 0 Å². The van der Waals surface area contributed by atoms with Crippen molar-refractivity contribution in [1.29, 1.82) is 0 Å². The number of aliphatic imine (C=N–C) groups is 1. The second-order valence-corrected chi connectivity index (χ2v) is 11.8. The summed E-state index contributed by atoms with van der Waals surface area (Å²) in [6.07, 6.45) is 4.76. The lowest BCUT2D eigenvalue weighted by atomic mass is 9.92. The van der Waals surface area contributed by atoms with Gasteiger partial charge in [-0.1, -0.05) is 12.7 Å². The molecule has 0 saturated carbocycles. The molecular formula is C15H24BrN2O3P. The van der Waals surface area contributed by atoms with Crippen LogP contribution >= 0.6 is 22.8 Å². The Morgan fingerprint density at radius 3 is 2.64 bits per heavy atom. The number of aliphatic hydroxyl groups is 2. The molecule has 5 nitrogen and oxygen atoms in total. The molecule has 2 rings (SSSR count). The molecule has 0 bridgehead atoms. The molecule has 0 radical (unpaired) electrons.